The second kappa shape index (κ2) is 12.1. The molecule has 3 saturated heterocycles. The zero-order chi connectivity index (χ0) is 31.3. The molecule has 1 unspecified atom stereocenters. The van der Waals surface area contributed by atoms with E-state index in [1.165, 1.54) is 42.5 Å². The van der Waals surface area contributed by atoms with Gasteiger partial charge in [0.2, 0.25) is 0 Å². The lowest BCUT2D eigenvalue weighted by Crippen LogP contribution is -2.52. The van der Waals surface area contributed by atoms with E-state index < -0.39 is 17.4 Å². The SMILES string of the molecule is C[C@@H]1CN(Cc2cc(C(F)(F)F)c3cn(-c4cccc([C@@H](C5COC5)C5NNC6(CCCCCC6)N5C)c4)c(=O)n3c2)CCO1. The van der Waals surface area contributed by atoms with Gasteiger partial charge in [-0.15, -0.1) is 0 Å². The van der Waals surface area contributed by atoms with Gasteiger partial charge in [-0.05, 0) is 56.1 Å². The van der Waals surface area contributed by atoms with E-state index in [-0.39, 0.29) is 35.3 Å². The van der Waals surface area contributed by atoms with E-state index in [4.69, 9.17) is 9.47 Å². The van der Waals surface area contributed by atoms with Crippen molar-refractivity contribution in [1.29, 1.82) is 0 Å². The molecular formula is C33H43F3N6O3. The van der Waals surface area contributed by atoms with Crippen molar-refractivity contribution in [3.63, 3.8) is 0 Å². The van der Waals surface area contributed by atoms with Crippen LogP contribution in [-0.2, 0) is 22.2 Å². The first-order valence-electron chi connectivity index (χ1n) is 16.2. The maximum atomic E-state index is 14.4. The van der Waals surface area contributed by atoms with E-state index in [0.29, 0.717) is 50.7 Å². The second-order valence-electron chi connectivity index (χ2n) is 13.4. The summed E-state index contributed by atoms with van der Waals surface area (Å²) in [5, 5.41) is 0. The van der Waals surface area contributed by atoms with Crippen LogP contribution in [0.1, 0.15) is 68.1 Å². The van der Waals surface area contributed by atoms with Gasteiger partial charge in [0.25, 0.3) is 0 Å². The summed E-state index contributed by atoms with van der Waals surface area (Å²) < 4.78 is 56.9. The Labute approximate surface area is 261 Å². The number of likely N-dealkylation sites (N-methyl/N-ethyl adjacent to an activating group) is 1. The monoisotopic (exact) mass is 628 g/mol. The van der Waals surface area contributed by atoms with Crippen molar-refractivity contribution in [2.24, 2.45) is 5.92 Å². The Bertz CT molecular complexity index is 1580. The highest BCUT2D eigenvalue weighted by Gasteiger charge is 2.49. The topological polar surface area (TPSA) is 75.4 Å². The molecule has 1 aliphatic carbocycles. The van der Waals surface area contributed by atoms with Gasteiger partial charge < -0.3 is 9.47 Å². The van der Waals surface area contributed by atoms with Crippen LogP contribution in [0, 0.1) is 5.92 Å². The molecule has 12 heteroatoms. The largest absolute Gasteiger partial charge is 0.418 e. The fourth-order valence-corrected chi connectivity index (χ4v) is 7.87. The molecule has 5 heterocycles. The minimum atomic E-state index is -4.62. The normalized spacial score (nSPS) is 25.9. The molecule has 7 rings (SSSR count). The number of morpholine rings is 1. The van der Waals surface area contributed by atoms with Crippen molar-refractivity contribution in [1.82, 2.24) is 29.6 Å². The van der Waals surface area contributed by atoms with Crippen LogP contribution in [0.25, 0.3) is 11.2 Å². The van der Waals surface area contributed by atoms with E-state index in [9.17, 15) is 18.0 Å². The summed E-state index contributed by atoms with van der Waals surface area (Å²) in [7, 11) is 2.18. The summed E-state index contributed by atoms with van der Waals surface area (Å²) >= 11 is 0. The predicted octanol–water partition coefficient (Wildman–Crippen LogP) is 4.48. The standard InChI is InChI=1S/C33H43F3N6O3/c1-22-16-40(12-13-45-22)17-23-14-27(33(34,35)36)28-19-41(31(43)42(28)18-23)26-9-7-8-24(15-26)29(25-20-44-21-25)30-37-38-32(39(30)2)10-5-3-4-6-11-32/h7-9,14-15,18-19,22,25,29-30,37-38H,3-6,10-13,16-17,20-21H2,1-2H3/t22-,29+,30?/m1/s1. The summed E-state index contributed by atoms with van der Waals surface area (Å²) in [5.41, 5.74) is 7.68. The molecule has 244 valence electrons. The molecule has 0 radical (unpaired) electrons. The van der Waals surface area contributed by atoms with Crippen LogP contribution in [0.4, 0.5) is 13.2 Å². The Morgan fingerprint density at radius 3 is 2.56 bits per heavy atom. The molecule has 4 fully saturated rings. The number of halogens is 3. The van der Waals surface area contributed by atoms with Crippen LogP contribution in [0.15, 0.2) is 47.5 Å². The van der Waals surface area contributed by atoms with Crippen molar-refractivity contribution < 1.29 is 22.6 Å². The van der Waals surface area contributed by atoms with Crippen molar-refractivity contribution in [2.45, 2.75) is 82.0 Å². The Balaban J connectivity index is 1.24. The number of nitrogens with one attached hydrogen (secondary N) is 2. The van der Waals surface area contributed by atoms with Gasteiger partial charge in [-0.25, -0.2) is 15.6 Å². The van der Waals surface area contributed by atoms with Gasteiger partial charge in [0, 0.05) is 43.9 Å². The zero-order valence-electron chi connectivity index (χ0n) is 26.0. The van der Waals surface area contributed by atoms with Crippen molar-refractivity contribution >= 4 is 5.52 Å². The number of hydrazine groups is 1. The minimum absolute atomic E-state index is 0.000577. The number of alkyl halides is 3. The summed E-state index contributed by atoms with van der Waals surface area (Å²) in [5.74, 6) is 0.329. The highest BCUT2D eigenvalue weighted by molar-refractivity contribution is 5.58. The first-order valence-corrected chi connectivity index (χ1v) is 16.2. The molecule has 45 heavy (non-hydrogen) atoms. The Hall–Kier alpha value is -2.74. The Kier molecular flexibility index (Phi) is 8.32. The van der Waals surface area contributed by atoms with Crippen LogP contribution in [-0.4, -0.2) is 76.7 Å². The lowest BCUT2D eigenvalue weighted by molar-refractivity contribution is -0.136. The fraction of sp³-hybridized carbons (Fsp3) is 0.606. The van der Waals surface area contributed by atoms with Gasteiger partial charge >= 0.3 is 11.9 Å². The van der Waals surface area contributed by atoms with Gasteiger partial charge in [0.1, 0.15) is 0 Å². The molecule has 2 aromatic heterocycles. The van der Waals surface area contributed by atoms with E-state index in [1.54, 1.807) is 12.3 Å². The third-order valence-electron chi connectivity index (χ3n) is 10.4. The summed E-state index contributed by atoms with van der Waals surface area (Å²) in [4.78, 5) is 18.3. The quantitative estimate of drug-likeness (QED) is 0.417. The summed E-state index contributed by atoms with van der Waals surface area (Å²) in [6, 6.07) is 8.88. The van der Waals surface area contributed by atoms with Gasteiger partial charge in [-0.3, -0.25) is 18.8 Å². The summed E-state index contributed by atoms with van der Waals surface area (Å²) in [6.45, 7) is 5.32. The molecule has 3 aromatic rings. The van der Waals surface area contributed by atoms with E-state index in [2.05, 4.69) is 33.8 Å². The highest BCUT2D eigenvalue weighted by atomic mass is 19.4. The summed E-state index contributed by atoms with van der Waals surface area (Å²) in [6.07, 6.45) is 5.25. The number of aromatic nitrogens is 2. The van der Waals surface area contributed by atoms with E-state index in [0.717, 1.165) is 22.8 Å². The third kappa shape index (κ3) is 5.85. The molecule has 1 aromatic carbocycles. The zero-order valence-corrected chi connectivity index (χ0v) is 26.0. The highest BCUT2D eigenvalue weighted by Crippen LogP contribution is 2.41. The number of hydrogen-bond donors (Lipinski definition) is 2. The maximum Gasteiger partial charge on any atom is 0.418 e. The van der Waals surface area contributed by atoms with Gasteiger partial charge in [-0.2, -0.15) is 13.2 Å². The fourth-order valence-electron chi connectivity index (χ4n) is 7.87. The number of ether oxygens (including phenoxy) is 2. The Morgan fingerprint density at radius 1 is 1.09 bits per heavy atom. The van der Waals surface area contributed by atoms with Crippen LogP contribution in [0.2, 0.25) is 0 Å². The molecular weight excluding hydrogens is 585 g/mol. The molecule has 1 saturated carbocycles. The van der Waals surface area contributed by atoms with Gasteiger partial charge in [-0.1, -0.05) is 37.8 Å². The number of nitrogens with zero attached hydrogens (tertiary/aromatic N) is 4. The van der Waals surface area contributed by atoms with Gasteiger partial charge in [0.15, 0.2) is 0 Å². The molecule has 0 amide bonds. The third-order valence-corrected chi connectivity index (χ3v) is 10.4. The first-order chi connectivity index (χ1) is 21.6. The maximum absolute atomic E-state index is 14.4. The smallest absolute Gasteiger partial charge is 0.381 e. The van der Waals surface area contributed by atoms with E-state index >= 15 is 0 Å². The number of hydrogen-bond acceptors (Lipinski definition) is 7. The van der Waals surface area contributed by atoms with Crippen molar-refractivity contribution in [2.75, 3.05) is 40.0 Å². The average molecular weight is 629 g/mol. The number of pyridine rings is 1. The number of imidazole rings is 1. The molecule has 2 N–H and O–H groups in total. The van der Waals surface area contributed by atoms with Crippen molar-refractivity contribution in [3.05, 3.63) is 69.9 Å². The first kappa shape index (κ1) is 30.9. The van der Waals surface area contributed by atoms with Crippen LogP contribution in [0.3, 0.4) is 0 Å². The van der Waals surface area contributed by atoms with Gasteiger partial charge in [0.05, 0.1) is 54.5 Å². The minimum Gasteiger partial charge on any atom is -0.381 e. The molecule has 3 atom stereocenters. The molecule has 9 nitrogen and oxygen atoms in total. The number of fused-ring (bicyclic) bond motifs is 1. The Morgan fingerprint density at radius 2 is 1.87 bits per heavy atom. The lowest BCUT2D eigenvalue weighted by Gasteiger charge is -2.42. The molecule has 1 spiro atoms. The number of rotatable bonds is 6. The molecule has 4 aliphatic rings. The molecule has 3 aliphatic heterocycles. The second-order valence-corrected chi connectivity index (χ2v) is 13.4. The van der Waals surface area contributed by atoms with Crippen LogP contribution >= 0.6 is 0 Å². The van der Waals surface area contributed by atoms with Crippen LogP contribution < -0.4 is 16.5 Å². The lowest BCUT2D eigenvalue weighted by atomic mass is 9.81. The predicted molar refractivity (Wildman–Crippen MR) is 164 cm³/mol. The average Bonchev–Trinajstić information content (AvgIpc) is 3.35. The molecule has 0 bridgehead atoms. The number of benzene rings is 1. The van der Waals surface area contributed by atoms with Crippen molar-refractivity contribution in [3.8, 4) is 5.69 Å². The van der Waals surface area contributed by atoms with Crippen LogP contribution in [0.5, 0.6) is 0 Å². The van der Waals surface area contributed by atoms with E-state index in [1.807, 2.05) is 19.1 Å².